The lowest BCUT2D eigenvalue weighted by Crippen LogP contribution is -2.30. The van der Waals surface area contributed by atoms with Crippen LogP contribution in [0.1, 0.15) is 24.0 Å². The summed E-state index contributed by atoms with van der Waals surface area (Å²) in [6, 6.07) is 18.4. The Kier molecular flexibility index (Phi) is 7.37. The molecule has 2 heterocycles. The number of amides is 1. The van der Waals surface area contributed by atoms with Gasteiger partial charge in [-0.05, 0) is 67.1 Å². The number of halogens is 1. The smallest absolute Gasteiger partial charge is 0.229 e. The number of carbonyl (C=O) groups excluding carboxylic acids is 1. The van der Waals surface area contributed by atoms with Crippen LogP contribution in [0.5, 0.6) is 0 Å². The lowest BCUT2D eigenvalue weighted by molar-refractivity contribution is -0.118. The van der Waals surface area contributed by atoms with Crippen LogP contribution < -0.4 is 4.90 Å². The molecule has 0 unspecified atom stereocenters. The molecule has 0 radical (unpaired) electrons. The largest absolute Gasteiger partial charge is 0.284 e. The first-order valence-corrected chi connectivity index (χ1v) is 12.6. The maximum Gasteiger partial charge on any atom is 0.229 e. The predicted molar refractivity (Wildman–Crippen MR) is 134 cm³/mol. The first kappa shape index (κ1) is 22.0. The van der Waals surface area contributed by atoms with Crippen molar-refractivity contribution in [3.8, 4) is 0 Å². The molecule has 31 heavy (non-hydrogen) atoms. The Morgan fingerprint density at radius 2 is 1.87 bits per heavy atom. The number of pyridine rings is 1. The maximum absolute atomic E-state index is 13.2. The number of thiazole rings is 1. The predicted octanol–water partition coefficient (Wildman–Crippen LogP) is 6.87. The zero-order valence-electron chi connectivity index (χ0n) is 17.1. The molecule has 4 nitrogen and oxygen atoms in total. The molecule has 4 aromatic rings. The van der Waals surface area contributed by atoms with E-state index < -0.39 is 0 Å². The van der Waals surface area contributed by atoms with Gasteiger partial charge in [0.15, 0.2) is 5.13 Å². The van der Waals surface area contributed by atoms with Crippen molar-refractivity contribution in [1.29, 1.82) is 0 Å². The highest BCUT2D eigenvalue weighted by Gasteiger charge is 2.20. The van der Waals surface area contributed by atoms with Crippen LogP contribution in [0, 0.1) is 6.92 Å². The number of hydrogen-bond donors (Lipinski definition) is 0. The molecule has 2 aromatic carbocycles. The van der Waals surface area contributed by atoms with Crippen LogP contribution in [0.15, 0.2) is 76.4 Å². The number of rotatable bonds is 8. The molecule has 0 atom stereocenters. The molecule has 0 saturated heterocycles. The summed E-state index contributed by atoms with van der Waals surface area (Å²) in [5, 5.41) is 0.737. The topological polar surface area (TPSA) is 46.1 Å². The number of aryl methyl sites for hydroxylation is 1. The monoisotopic (exact) mass is 511 g/mol. The van der Waals surface area contributed by atoms with Crippen LogP contribution in [0.3, 0.4) is 0 Å². The van der Waals surface area contributed by atoms with Crippen molar-refractivity contribution in [2.24, 2.45) is 0 Å². The Morgan fingerprint density at radius 1 is 1.10 bits per heavy atom. The third kappa shape index (κ3) is 5.93. The van der Waals surface area contributed by atoms with Gasteiger partial charge in [-0.1, -0.05) is 45.0 Å². The normalized spacial score (nSPS) is 11.0. The van der Waals surface area contributed by atoms with E-state index in [1.54, 1.807) is 35.5 Å². The van der Waals surface area contributed by atoms with Crippen molar-refractivity contribution in [3.05, 3.63) is 82.6 Å². The molecule has 0 aliphatic carbocycles. The number of nitrogens with zero attached hydrogens (tertiary/aromatic N) is 3. The summed E-state index contributed by atoms with van der Waals surface area (Å²) in [5.74, 6) is 1.00. The minimum absolute atomic E-state index is 0.0967. The van der Waals surface area contributed by atoms with Gasteiger partial charge >= 0.3 is 0 Å². The first-order valence-electron chi connectivity index (χ1n) is 10.0. The fraction of sp³-hybridized carbons (Fsp3) is 0.208. The summed E-state index contributed by atoms with van der Waals surface area (Å²) in [6.45, 7) is 2.58. The van der Waals surface area contributed by atoms with E-state index in [2.05, 4.69) is 52.1 Å². The van der Waals surface area contributed by atoms with Crippen LogP contribution in [0.2, 0.25) is 0 Å². The molecular weight excluding hydrogens is 490 g/mol. The molecule has 0 spiro atoms. The van der Waals surface area contributed by atoms with Gasteiger partial charge in [0.1, 0.15) is 0 Å². The van der Waals surface area contributed by atoms with Crippen molar-refractivity contribution >= 4 is 60.3 Å². The number of thioether (sulfide) groups is 1. The number of carbonyl (C=O) groups is 1. The van der Waals surface area contributed by atoms with Crippen molar-refractivity contribution in [2.75, 3.05) is 10.7 Å². The van der Waals surface area contributed by atoms with Crippen molar-refractivity contribution in [1.82, 2.24) is 9.97 Å². The minimum Gasteiger partial charge on any atom is -0.284 e. The second-order valence-electron chi connectivity index (χ2n) is 7.21. The van der Waals surface area contributed by atoms with E-state index in [-0.39, 0.29) is 5.91 Å². The first-order chi connectivity index (χ1) is 15.1. The lowest BCUT2D eigenvalue weighted by atomic mass is 10.2. The lowest BCUT2D eigenvalue weighted by Gasteiger charge is -2.20. The maximum atomic E-state index is 13.2. The molecule has 2 aromatic heterocycles. The standard InChI is InChI=1S/C24H22BrN3OS2/c1-17-4-7-20(8-5-17)30-14-2-3-23(29)28(16-18-10-12-26-13-11-18)24-27-21-9-6-19(25)15-22(21)31-24/h4-13,15H,2-3,14,16H2,1H3. The molecule has 0 bridgehead atoms. The zero-order chi connectivity index (χ0) is 21.6. The number of anilines is 1. The molecule has 7 heteroatoms. The minimum atomic E-state index is 0.0967. The van der Waals surface area contributed by atoms with Gasteiger partial charge in [0.25, 0.3) is 0 Å². The van der Waals surface area contributed by atoms with Gasteiger partial charge in [0, 0.05) is 28.2 Å². The Balaban J connectivity index is 1.46. The molecular formula is C24H22BrN3OS2. The van der Waals surface area contributed by atoms with Gasteiger partial charge in [0.05, 0.1) is 16.8 Å². The van der Waals surface area contributed by atoms with E-state index in [0.29, 0.717) is 13.0 Å². The van der Waals surface area contributed by atoms with E-state index in [1.807, 2.05) is 35.2 Å². The summed E-state index contributed by atoms with van der Waals surface area (Å²) in [6.07, 6.45) is 4.82. The number of fused-ring (bicyclic) bond motifs is 1. The summed E-state index contributed by atoms with van der Waals surface area (Å²) in [4.78, 5) is 25.1. The third-order valence-electron chi connectivity index (χ3n) is 4.79. The average molecular weight is 512 g/mol. The van der Waals surface area contributed by atoms with Crippen molar-refractivity contribution in [3.63, 3.8) is 0 Å². The quantitative estimate of drug-likeness (QED) is 0.191. The Hall–Kier alpha value is -2.22. The summed E-state index contributed by atoms with van der Waals surface area (Å²) < 4.78 is 2.07. The van der Waals surface area contributed by atoms with Crippen LogP contribution in [0.4, 0.5) is 5.13 Å². The summed E-state index contributed by atoms with van der Waals surface area (Å²) in [5.41, 5.74) is 3.21. The highest BCUT2D eigenvalue weighted by molar-refractivity contribution is 9.10. The molecule has 158 valence electrons. The number of benzene rings is 2. The molecule has 0 N–H and O–H groups in total. The zero-order valence-corrected chi connectivity index (χ0v) is 20.3. The molecule has 0 aliphatic heterocycles. The summed E-state index contributed by atoms with van der Waals surface area (Å²) in [7, 11) is 0. The van der Waals surface area contributed by atoms with Crippen LogP contribution >= 0.6 is 39.0 Å². The molecule has 4 rings (SSSR count). The summed E-state index contributed by atoms with van der Waals surface area (Å²) >= 11 is 6.85. The molecule has 1 amide bonds. The Morgan fingerprint density at radius 3 is 2.65 bits per heavy atom. The fourth-order valence-corrected chi connectivity index (χ4v) is 5.50. The van der Waals surface area contributed by atoms with Crippen molar-refractivity contribution in [2.45, 2.75) is 31.2 Å². The van der Waals surface area contributed by atoms with Gasteiger partial charge in [-0.3, -0.25) is 14.7 Å². The Labute approximate surface area is 198 Å². The fourth-order valence-electron chi connectivity index (χ4n) is 3.12. The van der Waals surface area contributed by atoms with E-state index in [1.165, 1.54) is 10.5 Å². The van der Waals surface area contributed by atoms with Gasteiger partial charge in [0.2, 0.25) is 5.91 Å². The molecule has 0 aliphatic rings. The third-order valence-corrected chi connectivity index (χ3v) is 7.42. The second kappa shape index (κ2) is 10.4. The van der Waals surface area contributed by atoms with Gasteiger partial charge in [-0.2, -0.15) is 0 Å². The van der Waals surface area contributed by atoms with Gasteiger partial charge < -0.3 is 0 Å². The molecule has 0 saturated carbocycles. The van der Waals surface area contributed by atoms with Crippen LogP contribution in [-0.2, 0) is 11.3 Å². The van der Waals surface area contributed by atoms with Crippen molar-refractivity contribution < 1.29 is 4.79 Å². The van der Waals surface area contributed by atoms with E-state index >= 15 is 0 Å². The van der Waals surface area contributed by atoms with Crippen LogP contribution in [0.25, 0.3) is 10.2 Å². The van der Waals surface area contributed by atoms with Crippen LogP contribution in [-0.4, -0.2) is 21.6 Å². The van der Waals surface area contributed by atoms with Gasteiger partial charge in [-0.25, -0.2) is 4.98 Å². The van der Waals surface area contributed by atoms with E-state index in [9.17, 15) is 4.79 Å². The highest BCUT2D eigenvalue weighted by atomic mass is 79.9. The highest BCUT2D eigenvalue weighted by Crippen LogP contribution is 2.32. The van der Waals surface area contributed by atoms with E-state index in [0.717, 1.165) is 37.6 Å². The molecule has 0 fully saturated rings. The average Bonchev–Trinajstić information content (AvgIpc) is 3.19. The number of aromatic nitrogens is 2. The Bertz CT molecular complexity index is 1160. The van der Waals surface area contributed by atoms with Gasteiger partial charge in [-0.15, -0.1) is 11.8 Å². The second-order valence-corrected chi connectivity index (χ2v) is 10.3. The number of hydrogen-bond acceptors (Lipinski definition) is 5. The SMILES string of the molecule is Cc1ccc(SCCCC(=O)N(Cc2ccncc2)c2nc3ccc(Br)cc3s2)cc1. The van der Waals surface area contributed by atoms with E-state index in [4.69, 9.17) is 4.98 Å².